The summed E-state index contributed by atoms with van der Waals surface area (Å²) in [6.07, 6.45) is 2.69. The molecule has 1 aliphatic rings. The van der Waals surface area contributed by atoms with Crippen LogP contribution in [0, 0.1) is 0 Å². The van der Waals surface area contributed by atoms with Gasteiger partial charge in [0, 0.05) is 19.1 Å². The van der Waals surface area contributed by atoms with Crippen molar-refractivity contribution in [3.8, 4) is 0 Å². The van der Waals surface area contributed by atoms with Crippen LogP contribution >= 0.6 is 0 Å². The van der Waals surface area contributed by atoms with E-state index >= 15 is 0 Å². The van der Waals surface area contributed by atoms with Crippen molar-refractivity contribution < 1.29 is 4.79 Å². The van der Waals surface area contributed by atoms with Gasteiger partial charge in [-0.3, -0.25) is 4.79 Å². The first-order valence-corrected chi connectivity index (χ1v) is 7.69. The van der Waals surface area contributed by atoms with Crippen LogP contribution in [0.25, 0.3) is 0 Å². The topological polar surface area (TPSA) is 32.7 Å². The number of nitrogens with zero attached hydrogens (tertiary/aromatic N) is 2. The summed E-state index contributed by atoms with van der Waals surface area (Å²) in [5, 5.41) is 6.20. The largest absolute Gasteiger partial charge is 0.273 e. The van der Waals surface area contributed by atoms with Crippen molar-refractivity contribution >= 4 is 11.6 Å². The fourth-order valence-electron chi connectivity index (χ4n) is 2.88. The number of carbonyl (C=O) groups is 1. The monoisotopic (exact) mass is 292 g/mol. The summed E-state index contributed by atoms with van der Waals surface area (Å²) >= 11 is 0. The van der Waals surface area contributed by atoms with Crippen LogP contribution in [0.4, 0.5) is 0 Å². The Kier molecular flexibility index (Phi) is 4.33. The van der Waals surface area contributed by atoms with Gasteiger partial charge in [-0.15, -0.1) is 0 Å². The maximum absolute atomic E-state index is 11.9. The van der Waals surface area contributed by atoms with Crippen LogP contribution in [0.15, 0.2) is 65.8 Å². The van der Waals surface area contributed by atoms with Gasteiger partial charge in [-0.2, -0.15) is 5.10 Å². The van der Waals surface area contributed by atoms with E-state index in [1.54, 1.807) is 11.9 Å². The molecule has 0 saturated heterocycles. The van der Waals surface area contributed by atoms with Gasteiger partial charge in [0.25, 0.3) is 0 Å². The molecule has 0 saturated carbocycles. The zero-order chi connectivity index (χ0) is 15.4. The second-order valence-corrected chi connectivity index (χ2v) is 5.65. The van der Waals surface area contributed by atoms with Gasteiger partial charge >= 0.3 is 0 Å². The van der Waals surface area contributed by atoms with Gasteiger partial charge in [-0.1, -0.05) is 60.7 Å². The van der Waals surface area contributed by atoms with Gasteiger partial charge in [0.2, 0.25) is 5.91 Å². The zero-order valence-electron chi connectivity index (χ0n) is 12.8. The molecule has 0 fully saturated rings. The zero-order valence-corrected chi connectivity index (χ0v) is 12.8. The van der Waals surface area contributed by atoms with Crippen LogP contribution in [0.1, 0.15) is 36.9 Å². The number of hydrogen-bond acceptors (Lipinski definition) is 2. The van der Waals surface area contributed by atoms with Crippen molar-refractivity contribution in [3.63, 3.8) is 0 Å². The SMILES string of the molecule is CC(=O)N1N=C(CCc2ccccc2)CC1c1ccccc1. The van der Waals surface area contributed by atoms with Crippen LogP contribution in [0.3, 0.4) is 0 Å². The van der Waals surface area contributed by atoms with Crippen molar-refractivity contribution in [1.29, 1.82) is 0 Å². The molecule has 1 amide bonds. The first-order chi connectivity index (χ1) is 10.7. The summed E-state index contributed by atoms with van der Waals surface area (Å²) in [5.41, 5.74) is 3.56. The van der Waals surface area contributed by atoms with E-state index in [2.05, 4.69) is 41.5 Å². The van der Waals surface area contributed by atoms with Crippen LogP contribution in [-0.4, -0.2) is 16.6 Å². The first kappa shape index (κ1) is 14.5. The summed E-state index contributed by atoms with van der Waals surface area (Å²) in [4.78, 5) is 11.9. The Morgan fingerprint density at radius 1 is 1.05 bits per heavy atom. The third-order valence-electron chi connectivity index (χ3n) is 4.03. The van der Waals surface area contributed by atoms with E-state index in [0.717, 1.165) is 30.5 Å². The Hall–Kier alpha value is -2.42. The van der Waals surface area contributed by atoms with E-state index in [-0.39, 0.29) is 11.9 Å². The molecule has 0 aromatic heterocycles. The summed E-state index contributed by atoms with van der Waals surface area (Å²) in [7, 11) is 0. The molecule has 1 aliphatic heterocycles. The Morgan fingerprint density at radius 2 is 1.68 bits per heavy atom. The fourth-order valence-corrected chi connectivity index (χ4v) is 2.88. The average molecular weight is 292 g/mol. The molecule has 1 heterocycles. The van der Waals surface area contributed by atoms with E-state index < -0.39 is 0 Å². The predicted molar refractivity (Wildman–Crippen MR) is 88.5 cm³/mol. The number of rotatable bonds is 4. The highest BCUT2D eigenvalue weighted by molar-refractivity contribution is 5.89. The standard InChI is InChI=1S/C19H20N2O/c1-15(22)21-19(17-10-6-3-7-11-17)14-18(20-21)13-12-16-8-4-2-5-9-16/h2-11,19H,12-14H2,1H3. The molecule has 3 nitrogen and oxygen atoms in total. The number of aryl methyl sites for hydroxylation is 1. The van der Waals surface area contributed by atoms with E-state index in [1.165, 1.54) is 5.56 Å². The lowest BCUT2D eigenvalue weighted by Gasteiger charge is -2.20. The van der Waals surface area contributed by atoms with Gasteiger partial charge in [0.05, 0.1) is 6.04 Å². The van der Waals surface area contributed by atoms with Gasteiger partial charge in [0.15, 0.2) is 0 Å². The van der Waals surface area contributed by atoms with Crippen LogP contribution in [-0.2, 0) is 11.2 Å². The smallest absolute Gasteiger partial charge is 0.240 e. The minimum Gasteiger partial charge on any atom is -0.273 e. The molecule has 0 N–H and O–H groups in total. The molecule has 0 radical (unpaired) electrons. The summed E-state index contributed by atoms with van der Waals surface area (Å²) in [6.45, 7) is 1.58. The molecule has 0 spiro atoms. The van der Waals surface area contributed by atoms with E-state index in [1.807, 2.05) is 24.3 Å². The Morgan fingerprint density at radius 3 is 2.32 bits per heavy atom. The van der Waals surface area contributed by atoms with Crippen molar-refractivity contribution in [2.24, 2.45) is 5.10 Å². The molecule has 1 atom stereocenters. The quantitative estimate of drug-likeness (QED) is 0.839. The number of hydrazone groups is 1. The second-order valence-electron chi connectivity index (χ2n) is 5.65. The number of hydrogen-bond donors (Lipinski definition) is 0. The van der Waals surface area contributed by atoms with Gasteiger partial charge in [-0.05, 0) is 24.0 Å². The Balaban J connectivity index is 1.71. The van der Waals surface area contributed by atoms with Gasteiger partial charge < -0.3 is 0 Å². The molecule has 0 aliphatic carbocycles. The summed E-state index contributed by atoms with van der Waals surface area (Å²) in [6, 6.07) is 20.6. The van der Waals surface area contributed by atoms with Crippen molar-refractivity contribution in [2.45, 2.75) is 32.2 Å². The van der Waals surface area contributed by atoms with Crippen LogP contribution in [0.5, 0.6) is 0 Å². The van der Waals surface area contributed by atoms with E-state index in [4.69, 9.17) is 0 Å². The first-order valence-electron chi connectivity index (χ1n) is 7.69. The van der Waals surface area contributed by atoms with E-state index in [0.29, 0.717) is 0 Å². The Labute approximate surface area is 131 Å². The highest BCUT2D eigenvalue weighted by Gasteiger charge is 2.30. The second kappa shape index (κ2) is 6.56. The third kappa shape index (κ3) is 3.25. The molecule has 2 aromatic carbocycles. The summed E-state index contributed by atoms with van der Waals surface area (Å²) < 4.78 is 0. The molecule has 22 heavy (non-hydrogen) atoms. The normalized spacial score (nSPS) is 17.4. The molecule has 2 aromatic rings. The molecule has 1 unspecified atom stereocenters. The number of carbonyl (C=O) groups excluding carboxylic acids is 1. The van der Waals surface area contributed by atoms with Crippen molar-refractivity contribution in [3.05, 3.63) is 71.8 Å². The average Bonchev–Trinajstić information content (AvgIpc) is 2.99. The minimum absolute atomic E-state index is 0.00330. The molecular weight excluding hydrogens is 272 g/mol. The van der Waals surface area contributed by atoms with Gasteiger partial charge in [0.1, 0.15) is 0 Å². The predicted octanol–water partition coefficient (Wildman–Crippen LogP) is 3.97. The molecule has 3 rings (SSSR count). The number of benzene rings is 2. The molecule has 0 bridgehead atoms. The molecule has 3 heteroatoms. The highest BCUT2D eigenvalue weighted by Crippen LogP contribution is 2.31. The third-order valence-corrected chi connectivity index (χ3v) is 4.03. The lowest BCUT2D eigenvalue weighted by molar-refractivity contribution is -0.130. The van der Waals surface area contributed by atoms with Crippen LogP contribution in [0.2, 0.25) is 0 Å². The number of amides is 1. The summed E-state index contributed by atoms with van der Waals surface area (Å²) in [5.74, 6) is 0.00330. The van der Waals surface area contributed by atoms with Crippen LogP contribution < -0.4 is 0 Å². The maximum Gasteiger partial charge on any atom is 0.240 e. The van der Waals surface area contributed by atoms with Gasteiger partial charge in [-0.25, -0.2) is 5.01 Å². The lowest BCUT2D eigenvalue weighted by Crippen LogP contribution is -2.24. The van der Waals surface area contributed by atoms with E-state index in [9.17, 15) is 4.79 Å². The molecule has 112 valence electrons. The van der Waals surface area contributed by atoms with Crippen molar-refractivity contribution in [1.82, 2.24) is 5.01 Å². The maximum atomic E-state index is 11.9. The lowest BCUT2D eigenvalue weighted by atomic mass is 9.98. The Bertz CT molecular complexity index is 664. The highest BCUT2D eigenvalue weighted by atomic mass is 16.2. The molecular formula is C19H20N2O. The van der Waals surface area contributed by atoms with Crippen molar-refractivity contribution in [2.75, 3.05) is 0 Å². The fraction of sp³-hybridized carbons (Fsp3) is 0.263. The minimum atomic E-state index is 0.00330.